The number of amides is 1. The minimum Gasteiger partial charge on any atom is -0.480 e. The van der Waals surface area contributed by atoms with Crippen molar-refractivity contribution in [1.82, 2.24) is 9.80 Å². The second kappa shape index (κ2) is 9.39. The molecule has 138 valence electrons. The number of carbonyl (C=O) groups is 2. The van der Waals surface area contributed by atoms with Gasteiger partial charge in [0.15, 0.2) is 0 Å². The van der Waals surface area contributed by atoms with E-state index in [1.165, 1.54) is 0 Å². The van der Waals surface area contributed by atoms with Crippen LogP contribution in [0.4, 0.5) is 5.69 Å². The smallest absolute Gasteiger partial charge is 0.322 e. The zero-order chi connectivity index (χ0) is 18.2. The fourth-order valence-corrected chi connectivity index (χ4v) is 3.16. The number of carboxylic acid groups (broad SMARTS) is 1. The molecule has 7 heteroatoms. The monoisotopic (exact) mass is 349 g/mol. The van der Waals surface area contributed by atoms with E-state index in [4.69, 9.17) is 9.84 Å². The highest BCUT2D eigenvalue weighted by atomic mass is 16.5. The highest BCUT2D eigenvalue weighted by molar-refractivity contribution is 5.99. The molecule has 1 aliphatic heterocycles. The van der Waals surface area contributed by atoms with Gasteiger partial charge in [0.2, 0.25) is 0 Å². The minimum absolute atomic E-state index is 0.0937. The highest BCUT2D eigenvalue weighted by Gasteiger charge is 2.25. The number of anilines is 1. The van der Waals surface area contributed by atoms with Crippen LogP contribution in [0.15, 0.2) is 24.3 Å². The third kappa shape index (κ3) is 5.72. The maximum atomic E-state index is 12.8. The molecule has 0 bridgehead atoms. The van der Waals surface area contributed by atoms with Crippen molar-refractivity contribution >= 4 is 17.6 Å². The van der Waals surface area contributed by atoms with Crippen molar-refractivity contribution in [2.24, 2.45) is 5.92 Å². The first-order chi connectivity index (χ1) is 12.0. The molecule has 1 aromatic rings. The Balaban J connectivity index is 1.93. The van der Waals surface area contributed by atoms with Gasteiger partial charge in [-0.05, 0) is 31.0 Å². The predicted molar refractivity (Wildman–Crippen MR) is 96.0 cm³/mol. The number of likely N-dealkylation sites (tertiary alicyclic amines) is 1. The summed E-state index contributed by atoms with van der Waals surface area (Å²) in [6.07, 6.45) is 1.07. The second-order valence-electron chi connectivity index (χ2n) is 6.43. The molecule has 1 fully saturated rings. The molecule has 0 saturated carbocycles. The molecule has 1 aromatic carbocycles. The normalized spacial score (nSPS) is 17.4. The second-order valence-corrected chi connectivity index (χ2v) is 6.43. The Hall–Kier alpha value is -2.12. The Bertz CT molecular complexity index is 593. The quantitative estimate of drug-likeness (QED) is 0.698. The first-order valence-electron chi connectivity index (χ1n) is 8.52. The largest absolute Gasteiger partial charge is 0.480 e. The van der Waals surface area contributed by atoms with Crippen molar-refractivity contribution in [2.75, 3.05) is 58.8 Å². The number of para-hydroxylation sites is 1. The van der Waals surface area contributed by atoms with Crippen LogP contribution < -0.4 is 5.32 Å². The molecule has 0 spiro atoms. The molecule has 1 aliphatic rings. The average Bonchev–Trinajstić information content (AvgIpc) is 3.05. The van der Waals surface area contributed by atoms with Gasteiger partial charge in [0.05, 0.1) is 12.2 Å². The molecular weight excluding hydrogens is 322 g/mol. The number of benzene rings is 1. The van der Waals surface area contributed by atoms with Crippen LogP contribution in [-0.4, -0.2) is 80.3 Å². The van der Waals surface area contributed by atoms with Crippen LogP contribution in [0.25, 0.3) is 0 Å². The molecule has 0 aromatic heterocycles. The summed E-state index contributed by atoms with van der Waals surface area (Å²) < 4.78 is 5.11. The van der Waals surface area contributed by atoms with E-state index in [0.29, 0.717) is 23.7 Å². The fourth-order valence-electron chi connectivity index (χ4n) is 3.16. The lowest BCUT2D eigenvalue weighted by Crippen LogP contribution is -2.34. The van der Waals surface area contributed by atoms with Gasteiger partial charge in [0.1, 0.15) is 6.54 Å². The van der Waals surface area contributed by atoms with E-state index < -0.39 is 5.97 Å². The number of methoxy groups -OCH3 is 1. The number of carbonyl (C=O) groups excluding carboxylic acids is 1. The summed E-state index contributed by atoms with van der Waals surface area (Å²) in [6.45, 7) is 4.13. The number of hydrogen-bond donors (Lipinski definition) is 2. The number of ether oxygens (including phenoxy) is 1. The Morgan fingerprint density at radius 2 is 2.16 bits per heavy atom. The van der Waals surface area contributed by atoms with E-state index in [2.05, 4.69) is 10.2 Å². The molecule has 0 radical (unpaired) electrons. The van der Waals surface area contributed by atoms with Gasteiger partial charge >= 0.3 is 5.97 Å². The summed E-state index contributed by atoms with van der Waals surface area (Å²) in [7, 11) is 3.50. The maximum absolute atomic E-state index is 12.8. The van der Waals surface area contributed by atoms with Crippen LogP contribution in [0.1, 0.15) is 16.8 Å². The molecule has 7 nitrogen and oxygen atoms in total. The van der Waals surface area contributed by atoms with Gasteiger partial charge in [0.25, 0.3) is 5.91 Å². The molecule has 25 heavy (non-hydrogen) atoms. The van der Waals surface area contributed by atoms with E-state index in [0.717, 1.165) is 32.7 Å². The zero-order valence-corrected chi connectivity index (χ0v) is 14.9. The number of nitrogens with zero attached hydrogens (tertiary/aromatic N) is 2. The predicted octanol–water partition coefficient (Wildman–Crippen LogP) is 1.22. The minimum atomic E-state index is -0.960. The third-order valence-electron chi connectivity index (χ3n) is 4.45. The van der Waals surface area contributed by atoms with Gasteiger partial charge < -0.3 is 25.0 Å². The number of aliphatic carboxylic acids is 1. The first kappa shape index (κ1) is 19.2. The Morgan fingerprint density at radius 1 is 1.40 bits per heavy atom. The average molecular weight is 349 g/mol. The van der Waals surface area contributed by atoms with Gasteiger partial charge in [-0.1, -0.05) is 12.1 Å². The van der Waals surface area contributed by atoms with Crippen molar-refractivity contribution in [1.29, 1.82) is 0 Å². The van der Waals surface area contributed by atoms with Crippen molar-refractivity contribution in [3.8, 4) is 0 Å². The van der Waals surface area contributed by atoms with Crippen LogP contribution in [0.2, 0.25) is 0 Å². The molecule has 1 heterocycles. The van der Waals surface area contributed by atoms with Crippen molar-refractivity contribution in [3.05, 3.63) is 29.8 Å². The summed E-state index contributed by atoms with van der Waals surface area (Å²) in [5, 5.41) is 11.6. The van der Waals surface area contributed by atoms with Crippen LogP contribution >= 0.6 is 0 Å². The number of hydrogen-bond acceptors (Lipinski definition) is 5. The van der Waals surface area contributed by atoms with Crippen LogP contribution in [0.5, 0.6) is 0 Å². The summed E-state index contributed by atoms with van der Waals surface area (Å²) in [6, 6.07) is 7.02. The summed E-state index contributed by atoms with van der Waals surface area (Å²) in [5.74, 6) is -0.605. The number of carboxylic acids is 1. The third-order valence-corrected chi connectivity index (χ3v) is 4.45. The molecule has 0 aliphatic carbocycles. The van der Waals surface area contributed by atoms with E-state index in [9.17, 15) is 9.59 Å². The van der Waals surface area contributed by atoms with Gasteiger partial charge in [-0.3, -0.25) is 9.59 Å². The SMILES string of the molecule is COCCN1CC[C@H](CN(C)C(=O)c2ccccc2NCC(=O)O)C1. The van der Waals surface area contributed by atoms with Gasteiger partial charge in [-0.2, -0.15) is 0 Å². The van der Waals surface area contributed by atoms with Gasteiger partial charge in [-0.15, -0.1) is 0 Å². The van der Waals surface area contributed by atoms with Crippen LogP contribution in [0, 0.1) is 5.92 Å². The molecule has 0 unspecified atom stereocenters. The number of rotatable bonds is 9. The molecule has 1 atom stereocenters. The molecule has 1 saturated heterocycles. The maximum Gasteiger partial charge on any atom is 0.322 e. The van der Waals surface area contributed by atoms with Gasteiger partial charge in [-0.25, -0.2) is 0 Å². The Labute approximate surface area is 148 Å². The van der Waals surface area contributed by atoms with E-state index in [1.807, 2.05) is 0 Å². The van der Waals surface area contributed by atoms with Crippen molar-refractivity contribution in [3.63, 3.8) is 0 Å². The summed E-state index contributed by atoms with van der Waals surface area (Å²) in [4.78, 5) is 27.6. The topological polar surface area (TPSA) is 82.1 Å². The zero-order valence-electron chi connectivity index (χ0n) is 14.9. The van der Waals surface area contributed by atoms with E-state index in [-0.39, 0.29) is 12.5 Å². The molecule has 2 rings (SSSR count). The lowest BCUT2D eigenvalue weighted by Gasteiger charge is -2.23. The van der Waals surface area contributed by atoms with Crippen LogP contribution in [-0.2, 0) is 9.53 Å². The van der Waals surface area contributed by atoms with E-state index in [1.54, 1.807) is 43.3 Å². The summed E-state index contributed by atoms with van der Waals surface area (Å²) >= 11 is 0. The van der Waals surface area contributed by atoms with Crippen molar-refractivity contribution in [2.45, 2.75) is 6.42 Å². The molecule has 1 amide bonds. The highest BCUT2D eigenvalue weighted by Crippen LogP contribution is 2.20. The summed E-state index contributed by atoms with van der Waals surface area (Å²) in [5.41, 5.74) is 1.05. The lowest BCUT2D eigenvalue weighted by atomic mass is 10.1. The lowest BCUT2D eigenvalue weighted by molar-refractivity contribution is -0.134. The Kier molecular flexibility index (Phi) is 7.21. The Morgan fingerprint density at radius 3 is 2.88 bits per heavy atom. The fraction of sp³-hybridized carbons (Fsp3) is 0.556. The number of nitrogens with one attached hydrogen (secondary N) is 1. The first-order valence-corrected chi connectivity index (χ1v) is 8.52. The standard InChI is InChI=1S/C18H27N3O4/c1-20(12-14-7-8-21(13-14)9-10-25-2)18(24)15-5-3-4-6-16(15)19-11-17(22)23/h3-6,14,19H,7-13H2,1-2H3,(H,22,23)/t14-/m1/s1. The van der Waals surface area contributed by atoms with Crippen LogP contribution in [0.3, 0.4) is 0 Å². The molecular formula is C18H27N3O4. The van der Waals surface area contributed by atoms with Crippen molar-refractivity contribution < 1.29 is 19.4 Å². The van der Waals surface area contributed by atoms with Gasteiger partial charge in [0, 0.05) is 39.5 Å². The van der Waals surface area contributed by atoms with E-state index >= 15 is 0 Å². The molecule has 2 N–H and O–H groups in total.